The fourth-order valence-corrected chi connectivity index (χ4v) is 3.89. The minimum Gasteiger partial charge on any atom is -0.391 e. The summed E-state index contributed by atoms with van der Waals surface area (Å²) in [6.07, 6.45) is 2.35. The number of carbonyl (C=O) groups excluding carboxylic acids is 1. The van der Waals surface area contributed by atoms with Crippen LogP contribution in [0.1, 0.15) is 42.3 Å². The number of hydrogen-bond donors (Lipinski definition) is 1. The molecule has 0 radical (unpaired) electrons. The largest absolute Gasteiger partial charge is 0.391 e. The van der Waals surface area contributed by atoms with Crippen molar-refractivity contribution in [3.05, 3.63) is 51.7 Å². The zero-order valence-corrected chi connectivity index (χ0v) is 15.0. The molecule has 138 valence electrons. The van der Waals surface area contributed by atoms with Gasteiger partial charge in [0.05, 0.1) is 12.6 Å². The van der Waals surface area contributed by atoms with Gasteiger partial charge in [0.15, 0.2) is 0 Å². The van der Waals surface area contributed by atoms with Crippen molar-refractivity contribution in [3.63, 3.8) is 0 Å². The Morgan fingerprint density at radius 3 is 2.73 bits per heavy atom. The number of rotatable bonds is 3. The van der Waals surface area contributed by atoms with Crippen molar-refractivity contribution in [1.29, 1.82) is 0 Å². The van der Waals surface area contributed by atoms with Crippen LogP contribution in [0.3, 0.4) is 0 Å². The van der Waals surface area contributed by atoms with Gasteiger partial charge >= 0.3 is 5.69 Å². The standard InChI is InChI=1S/C19H24N4O3/c1-13-5-7-14(8-6-13)11-22-19(26)23-16(3-2-4-17(23)20-22)18(25)21-10-9-15(24)12-21/h5-8,15-16,24H,2-4,9-12H2,1H3/t15-,16?/m1/s1. The first-order valence-corrected chi connectivity index (χ1v) is 9.23. The molecule has 1 amide bonds. The lowest BCUT2D eigenvalue weighted by Crippen LogP contribution is -2.42. The van der Waals surface area contributed by atoms with Gasteiger partial charge in [-0.3, -0.25) is 9.36 Å². The van der Waals surface area contributed by atoms with Crippen molar-refractivity contribution in [2.75, 3.05) is 13.1 Å². The number of nitrogens with zero attached hydrogens (tertiary/aromatic N) is 4. The number of β-amino-alcohol motifs (C(OH)–C–C–N with tert-alkyl or cyclic N) is 1. The molecule has 1 aromatic heterocycles. The molecule has 0 bridgehead atoms. The maximum Gasteiger partial charge on any atom is 0.346 e. The molecular weight excluding hydrogens is 332 g/mol. The van der Waals surface area contributed by atoms with E-state index in [2.05, 4.69) is 5.10 Å². The molecule has 2 aliphatic rings. The van der Waals surface area contributed by atoms with Crippen LogP contribution < -0.4 is 5.69 Å². The Kier molecular flexibility index (Phi) is 4.40. The normalized spacial score (nSPS) is 22.5. The van der Waals surface area contributed by atoms with Crippen LogP contribution in [0.4, 0.5) is 0 Å². The molecule has 26 heavy (non-hydrogen) atoms. The highest BCUT2D eigenvalue weighted by Gasteiger charge is 2.35. The molecule has 1 N–H and O–H groups in total. The van der Waals surface area contributed by atoms with Gasteiger partial charge in [-0.05, 0) is 31.7 Å². The monoisotopic (exact) mass is 356 g/mol. The fourth-order valence-electron chi connectivity index (χ4n) is 3.89. The zero-order valence-electron chi connectivity index (χ0n) is 15.0. The second-order valence-corrected chi connectivity index (χ2v) is 7.35. The number of benzene rings is 1. The summed E-state index contributed by atoms with van der Waals surface area (Å²) in [4.78, 5) is 27.5. The third-order valence-corrected chi connectivity index (χ3v) is 5.34. The van der Waals surface area contributed by atoms with E-state index in [1.54, 1.807) is 9.47 Å². The summed E-state index contributed by atoms with van der Waals surface area (Å²) in [5.41, 5.74) is 1.96. The van der Waals surface area contributed by atoms with Crippen molar-refractivity contribution in [3.8, 4) is 0 Å². The molecule has 3 heterocycles. The molecule has 1 fully saturated rings. The summed E-state index contributed by atoms with van der Waals surface area (Å²) in [6.45, 7) is 3.34. The molecule has 7 heteroatoms. The van der Waals surface area contributed by atoms with E-state index < -0.39 is 12.1 Å². The van der Waals surface area contributed by atoms with E-state index >= 15 is 0 Å². The minimum absolute atomic E-state index is 0.0699. The lowest BCUT2D eigenvalue weighted by Gasteiger charge is -2.27. The topological polar surface area (TPSA) is 80.4 Å². The first-order chi connectivity index (χ1) is 12.5. The van der Waals surface area contributed by atoms with Gasteiger partial charge in [-0.1, -0.05) is 29.8 Å². The van der Waals surface area contributed by atoms with Crippen LogP contribution in [0.2, 0.25) is 0 Å². The summed E-state index contributed by atoms with van der Waals surface area (Å²) >= 11 is 0. The SMILES string of the molecule is Cc1ccc(Cn2nc3n(c2=O)C(C(=O)N2CC[C@@H](O)C2)CCC3)cc1. The Balaban J connectivity index is 1.62. The van der Waals surface area contributed by atoms with Crippen molar-refractivity contribution < 1.29 is 9.90 Å². The lowest BCUT2D eigenvalue weighted by molar-refractivity contribution is -0.134. The summed E-state index contributed by atoms with van der Waals surface area (Å²) in [5.74, 6) is 0.617. The van der Waals surface area contributed by atoms with Gasteiger partial charge in [-0.2, -0.15) is 5.10 Å². The van der Waals surface area contributed by atoms with Crippen molar-refractivity contribution in [2.24, 2.45) is 0 Å². The number of hydrogen-bond acceptors (Lipinski definition) is 4. The number of fused-ring (bicyclic) bond motifs is 1. The maximum atomic E-state index is 12.9. The van der Waals surface area contributed by atoms with E-state index in [9.17, 15) is 14.7 Å². The van der Waals surface area contributed by atoms with Gasteiger partial charge in [0.1, 0.15) is 11.9 Å². The van der Waals surface area contributed by atoms with Crippen LogP contribution in [0, 0.1) is 6.92 Å². The molecular formula is C19H24N4O3. The molecule has 4 rings (SSSR count). The Morgan fingerprint density at radius 2 is 2.04 bits per heavy atom. The summed E-state index contributed by atoms with van der Waals surface area (Å²) in [6, 6.07) is 7.52. The highest BCUT2D eigenvalue weighted by molar-refractivity contribution is 5.81. The molecule has 7 nitrogen and oxygen atoms in total. The van der Waals surface area contributed by atoms with E-state index in [0.717, 1.165) is 12.0 Å². The van der Waals surface area contributed by atoms with E-state index in [-0.39, 0.29) is 11.6 Å². The average molecular weight is 356 g/mol. The van der Waals surface area contributed by atoms with Crippen molar-refractivity contribution in [2.45, 2.75) is 51.3 Å². The number of amides is 1. The highest BCUT2D eigenvalue weighted by Crippen LogP contribution is 2.25. The van der Waals surface area contributed by atoms with Crippen LogP contribution in [-0.4, -0.2) is 49.5 Å². The molecule has 2 aromatic rings. The molecule has 2 aliphatic heterocycles. The first-order valence-electron chi connectivity index (χ1n) is 9.23. The highest BCUT2D eigenvalue weighted by atomic mass is 16.3. The summed E-state index contributed by atoms with van der Waals surface area (Å²) in [5, 5.41) is 14.2. The molecule has 1 aromatic carbocycles. The number of aromatic nitrogens is 3. The Labute approximate surface area is 151 Å². The first kappa shape index (κ1) is 17.0. The third kappa shape index (κ3) is 3.07. The molecule has 0 saturated carbocycles. The average Bonchev–Trinajstić information content (AvgIpc) is 3.20. The smallest absolute Gasteiger partial charge is 0.346 e. The van der Waals surface area contributed by atoms with E-state index in [0.29, 0.717) is 44.7 Å². The number of aliphatic hydroxyl groups excluding tert-OH is 1. The van der Waals surface area contributed by atoms with Crippen LogP contribution in [0.15, 0.2) is 29.1 Å². The van der Waals surface area contributed by atoms with E-state index in [4.69, 9.17) is 0 Å². The van der Waals surface area contributed by atoms with Crippen LogP contribution >= 0.6 is 0 Å². The second-order valence-electron chi connectivity index (χ2n) is 7.35. The van der Waals surface area contributed by atoms with Gasteiger partial charge in [0.2, 0.25) is 5.91 Å². The number of aliphatic hydroxyl groups is 1. The molecule has 0 spiro atoms. The van der Waals surface area contributed by atoms with E-state index in [1.807, 2.05) is 31.2 Å². The van der Waals surface area contributed by atoms with Gasteiger partial charge in [-0.15, -0.1) is 0 Å². The van der Waals surface area contributed by atoms with Gasteiger partial charge in [0.25, 0.3) is 0 Å². The van der Waals surface area contributed by atoms with Gasteiger partial charge in [-0.25, -0.2) is 9.48 Å². The van der Waals surface area contributed by atoms with Crippen molar-refractivity contribution in [1.82, 2.24) is 19.2 Å². The molecule has 0 aliphatic carbocycles. The Hall–Kier alpha value is -2.41. The Bertz CT molecular complexity index is 868. The quantitative estimate of drug-likeness (QED) is 0.885. The predicted octanol–water partition coefficient (Wildman–Crippen LogP) is 0.872. The van der Waals surface area contributed by atoms with Gasteiger partial charge < -0.3 is 10.0 Å². The van der Waals surface area contributed by atoms with Crippen LogP contribution in [-0.2, 0) is 17.8 Å². The lowest BCUT2D eigenvalue weighted by atomic mass is 10.0. The maximum absolute atomic E-state index is 12.9. The van der Waals surface area contributed by atoms with E-state index in [1.165, 1.54) is 10.2 Å². The molecule has 1 saturated heterocycles. The van der Waals surface area contributed by atoms with Crippen LogP contribution in [0.5, 0.6) is 0 Å². The summed E-state index contributed by atoms with van der Waals surface area (Å²) in [7, 11) is 0. The predicted molar refractivity (Wildman–Crippen MR) is 95.9 cm³/mol. The van der Waals surface area contributed by atoms with Gasteiger partial charge in [0, 0.05) is 19.5 Å². The van der Waals surface area contributed by atoms with Crippen LogP contribution in [0.25, 0.3) is 0 Å². The number of carbonyl (C=O) groups is 1. The molecule has 2 atom stereocenters. The Morgan fingerprint density at radius 1 is 1.27 bits per heavy atom. The number of aryl methyl sites for hydroxylation is 2. The summed E-state index contributed by atoms with van der Waals surface area (Å²) < 4.78 is 3.04. The minimum atomic E-state index is -0.497. The molecule has 1 unspecified atom stereocenters. The second kappa shape index (κ2) is 6.72. The number of likely N-dealkylation sites (tertiary alicyclic amines) is 1. The van der Waals surface area contributed by atoms with Crippen molar-refractivity contribution >= 4 is 5.91 Å². The third-order valence-electron chi connectivity index (χ3n) is 5.34. The zero-order chi connectivity index (χ0) is 18.3. The fraction of sp³-hybridized carbons (Fsp3) is 0.526.